The van der Waals surface area contributed by atoms with Crippen molar-refractivity contribution in [1.29, 1.82) is 5.26 Å². The van der Waals surface area contributed by atoms with Crippen LogP contribution in [-0.4, -0.2) is 33.1 Å². The molecule has 2 atom stereocenters. The Kier molecular flexibility index (Phi) is 8.16. The maximum atomic E-state index is 12.7. The number of hydrogen-bond acceptors (Lipinski definition) is 6. The van der Waals surface area contributed by atoms with Crippen molar-refractivity contribution in [2.24, 2.45) is 0 Å². The highest BCUT2D eigenvalue weighted by atomic mass is 32.2. The monoisotopic (exact) mass is 367 g/mol. The third-order valence-electron chi connectivity index (χ3n) is 3.54. The van der Waals surface area contributed by atoms with Crippen LogP contribution in [0.15, 0.2) is 23.1 Å². The zero-order chi connectivity index (χ0) is 19.0. The van der Waals surface area contributed by atoms with Crippen molar-refractivity contribution in [2.45, 2.75) is 63.6 Å². The van der Waals surface area contributed by atoms with Gasteiger partial charge >= 0.3 is 0 Å². The molecule has 0 aliphatic heterocycles. The molecule has 0 aliphatic rings. The molecule has 0 aromatic heterocycles. The SMILES string of the molecule is CCCC(C#N)Nc1cc(N)ccc1S(=O)(=O)NC(C)CNC(C)C. The van der Waals surface area contributed by atoms with Crippen molar-refractivity contribution in [3.05, 3.63) is 18.2 Å². The smallest absolute Gasteiger partial charge is 0.242 e. The van der Waals surface area contributed by atoms with Gasteiger partial charge in [-0.1, -0.05) is 27.2 Å². The van der Waals surface area contributed by atoms with E-state index in [0.717, 1.165) is 6.42 Å². The van der Waals surface area contributed by atoms with E-state index >= 15 is 0 Å². The first-order valence-corrected chi connectivity index (χ1v) is 9.99. The summed E-state index contributed by atoms with van der Waals surface area (Å²) in [5.74, 6) is 0. The van der Waals surface area contributed by atoms with Crippen LogP contribution in [0.25, 0.3) is 0 Å². The first-order valence-electron chi connectivity index (χ1n) is 8.51. The Labute approximate surface area is 151 Å². The average molecular weight is 368 g/mol. The molecule has 1 aromatic carbocycles. The number of hydrogen-bond donors (Lipinski definition) is 4. The van der Waals surface area contributed by atoms with Crippen molar-refractivity contribution in [3.8, 4) is 6.07 Å². The van der Waals surface area contributed by atoms with Crippen molar-refractivity contribution < 1.29 is 8.42 Å². The molecule has 0 heterocycles. The Morgan fingerprint density at radius 3 is 2.52 bits per heavy atom. The van der Waals surface area contributed by atoms with E-state index < -0.39 is 16.1 Å². The van der Waals surface area contributed by atoms with Gasteiger partial charge in [-0.25, -0.2) is 13.1 Å². The lowest BCUT2D eigenvalue weighted by molar-refractivity contribution is 0.508. The zero-order valence-corrected chi connectivity index (χ0v) is 16.2. The average Bonchev–Trinajstić information content (AvgIpc) is 2.51. The van der Waals surface area contributed by atoms with Crippen molar-refractivity contribution in [1.82, 2.24) is 10.0 Å². The number of rotatable bonds is 10. The maximum Gasteiger partial charge on any atom is 0.242 e. The number of anilines is 2. The van der Waals surface area contributed by atoms with Gasteiger partial charge in [0.15, 0.2) is 0 Å². The predicted octanol–water partition coefficient (Wildman–Crippen LogP) is 2.04. The van der Waals surface area contributed by atoms with Crippen LogP contribution in [0.5, 0.6) is 0 Å². The van der Waals surface area contributed by atoms with Gasteiger partial charge in [-0.3, -0.25) is 0 Å². The van der Waals surface area contributed by atoms with E-state index in [1.54, 1.807) is 13.0 Å². The Morgan fingerprint density at radius 1 is 1.28 bits per heavy atom. The van der Waals surface area contributed by atoms with Crippen LogP contribution in [0.1, 0.15) is 40.5 Å². The molecule has 0 amide bonds. The Balaban J connectivity index is 3.04. The topological polar surface area (TPSA) is 120 Å². The first-order chi connectivity index (χ1) is 11.7. The molecule has 0 saturated carbocycles. The number of nitrogens with zero attached hydrogens (tertiary/aromatic N) is 1. The molecule has 0 radical (unpaired) electrons. The molecule has 0 aliphatic carbocycles. The van der Waals surface area contributed by atoms with E-state index in [0.29, 0.717) is 24.3 Å². The molecule has 8 heteroatoms. The van der Waals surface area contributed by atoms with E-state index in [1.165, 1.54) is 12.1 Å². The Bertz CT molecular complexity index is 697. The van der Waals surface area contributed by atoms with Gasteiger partial charge in [-0.15, -0.1) is 0 Å². The van der Waals surface area contributed by atoms with Crippen LogP contribution in [-0.2, 0) is 10.0 Å². The van der Waals surface area contributed by atoms with E-state index in [1.807, 2.05) is 20.8 Å². The van der Waals surface area contributed by atoms with Crippen LogP contribution in [0.4, 0.5) is 11.4 Å². The zero-order valence-electron chi connectivity index (χ0n) is 15.3. The van der Waals surface area contributed by atoms with Gasteiger partial charge in [0.1, 0.15) is 10.9 Å². The normalized spacial score (nSPS) is 14.1. The molecule has 5 N–H and O–H groups in total. The summed E-state index contributed by atoms with van der Waals surface area (Å²) in [6.45, 7) is 8.28. The molecule has 2 unspecified atom stereocenters. The number of nitrogens with two attached hydrogens (primary N) is 1. The third-order valence-corrected chi connectivity index (χ3v) is 5.19. The fourth-order valence-corrected chi connectivity index (χ4v) is 3.72. The fourth-order valence-electron chi connectivity index (χ4n) is 2.32. The predicted molar refractivity (Wildman–Crippen MR) is 102 cm³/mol. The number of nitrogen functional groups attached to an aromatic ring is 1. The summed E-state index contributed by atoms with van der Waals surface area (Å²) >= 11 is 0. The highest BCUT2D eigenvalue weighted by Gasteiger charge is 2.22. The van der Waals surface area contributed by atoms with Crippen LogP contribution >= 0.6 is 0 Å². The molecule has 140 valence electrons. The second kappa shape index (κ2) is 9.61. The lowest BCUT2D eigenvalue weighted by Gasteiger charge is -2.20. The number of benzene rings is 1. The van der Waals surface area contributed by atoms with Crippen LogP contribution in [0.3, 0.4) is 0 Å². The largest absolute Gasteiger partial charge is 0.399 e. The van der Waals surface area contributed by atoms with E-state index in [2.05, 4.69) is 21.4 Å². The minimum atomic E-state index is -3.74. The van der Waals surface area contributed by atoms with Crippen LogP contribution in [0.2, 0.25) is 0 Å². The van der Waals surface area contributed by atoms with Gasteiger partial charge in [0.05, 0.1) is 11.8 Å². The summed E-state index contributed by atoms with van der Waals surface area (Å²) in [5.41, 5.74) is 6.57. The van der Waals surface area contributed by atoms with Gasteiger partial charge < -0.3 is 16.4 Å². The van der Waals surface area contributed by atoms with Crippen molar-refractivity contribution in [3.63, 3.8) is 0 Å². The highest BCUT2D eigenvalue weighted by molar-refractivity contribution is 7.89. The molecule has 0 bridgehead atoms. The maximum absolute atomic E-state index is 12.7. The molecular weight excluding hydrogens is 338 g/mol. The van der Waals surface area contributed by atoms with Gasteiger partial charge in [-0.05, 0) is 31.5 Å². The summed E-state index contributed by atoms with van der Waals surface area (Å²) in [6, 6.07) is 6.21. The number of sulfonamides is 1. The Hall–Kier alpha value is -1.82. The molecule has 0 fully saturated rings. The van der Waals surface area contributed by atoms with Crippen molar-refractivity contribution >= 4 is 21.4 Å². The quantitative estimate of drug-likeness (QED) is 0.470. The molecule has 25 heavy (non-hydrogen) atoms. The summed E-state index contributed by atoms with van der Waals surface area (Å²) in [6.07, 6.45) is 1.43. The molecule has 1 rings (SSSR count). The lowest BCUT2D eigenvalue weighted by Crippen LogP contribution is -2.42. The number of nitriles is 1. The Morgan fingerprint density at radius 2 is 1.96 bits per heavy atom. The number of nitrogens with one attached hydrogen (secondary N) is 3. The summed E-state index contributed by atoms with van der Waals surface area (Å²) in [7, 11) is -3.74. The lowest BCUT2D eigenvalue weighted by atomic mass is 10.1. The van der Waals surface area contributed by atoms with Gasteiger partial charge in [0.25, 0.3) is 0 Å². The van der Waals surface area contributed by atoms with Crippen LogP contribution < -0.4 is 21.1 Å². The first kappa shape index (κ1) is 21.2. The summed E-state index contributed by atoms with van der Waals surface area (Å²) in [4.78, 5) is 0.0921. The van der Waals surface area contributed by atoms with Crippen LogP contribution in [0, 0.1) is 11.3 Å². The molecule has 0 saturated heterocycles. The summed E-state index contributed by atoms with van der Waals surface area (Å²) in [5, 5.41) is 15.4. The minimum Gasteiger partial charge on any atom is -0.399 e. The molecule has 0 spiro atoms. The second-order valence-corrected chi connectivity index (χ2v) is 8.14. The van der Waals surface area contributed by atoms with Gasteiger partial charge in [-0.2, -0.15) is 5.26 Å². The van der Waals surface area contributed by atoms with Gasteiger partial charge in [0, 0.05) is 24.3 Å². The second-order valence-electron chi connectivity index (χ2n) is 6.46. The van der Waals surface area contributed by atoms with E-state index in [9.17, 15) is 13.7 Å². The molecule has 1 aromatic rings. The third kappa shape index (κ3) is 6.90. The van der Waals surface area contributed by atoms with Crippen molar-refractivity contribution in [2.75, 3.05) is 17.6 Å². The molecular formula is C17H29N5O2S. The highest BCUT2D eigenvalue weighted by Crippen LogP contribution is 2.25. The van der Waals surface area contributed by atoms with E-state index in [-0.39, 0.29) is 17.0 Å². The van der Waals surface area contributed by atoms with E-state index in [4.69, 9.17) is 5.73 Å². The minimum absolute atomic E-state index is 0.0921. The summed E-state index contributed by atoms with van der Waals surface area (Å²) < 4.78 is 28.1. The van der Waals surface area contributed by atoms with Gasteiger partial charge in [0.2, 0.25) is 10.0 Å². The standard InChI is InChI=1S/C17H29N5O2S/c1-5-6-15(10-18)21-16-9-14(19)7-8-17(16)25(23,24)22-13(4)11-20-12(2)3/h7-9,12-13,15,20-22H,5-6,11,19H2,1-4H3. The molecule has 7 nitrogen and oxygen atoms in total. The fraction of sp³-hybridized carbons (Fsp3) is 0.588.